The van der Waals surface area contributed by atoms with Crippen molar-refractivity contribution in [3.05, 3.63) is 29.6 Å². The Kier molecular flexibility index (Phi) is 4.34. The van der Waals surface area contributed by atoms with E-state index in [9.17, 15) is 0 Å². The van der Waals surface area contributed by atoms with Crippen LogP contribution in [0.15, 0.2) is 22.9 Å². The molecule has 5 rings (SSSR count). The van der Waals surface area contributed by atoms with Crippen molar-refractivity contribution in [3.8, 4) is 23.3 Å². The molecule has 0 spiro atoms. The summed E-state index contributed by atoms with van der Waals surface area (Å²) in [7, 11) is 1.82. The molecule has 0 atom stereocenters. The molecule has 0 N–H and O–H groups in total. The Morgan fingerprint density at radius 3 is 2.79 bits per heavy atom. The predicted octanol–water partition coefficient (Wildman–Crippen LogP) is 2.15. The highest BCUT2D eigenvalue weighted by Gasteiger charge is 2.26. The summed E-state index contributed by atoms with van der Waals surface area (Å²) in [5.74, 6) is 1.74. The highest BCUT2D eigenvalue weighted by atomic mass is 16.6. The number of hydrogen-bond donors (Lipinski definition) is 0. The van der Waals surface area contributed by atoms with Crippen molar-refractivity contribution in [2.24, 2.45) is 7.05 Å². The van der Waals surface area contributed by atoms with E-state index in [-0.39, 0.29) is 6.61 Å². The van der Waals surface area contributed by atoms with Crippen LogP contribution in [0.3, 0.4) is 0 Å². The Labute approximate surface area is 165 Å². The molecule has 4 heterocycles. The Morgan fingerprint density at radius 1 is 1.17 bits per heavy atom. The first-order valence-corrected chi connectivity index (χ1v) is 9.55. The Hall–Kier alpha value is -3.50. The molecule has 0 aliphatic heterocycles. The maximum absolute atomic E-state index is 6.03. The molecule has 1 aliphatic carbocycles. The van der Waals surface area contributed by atoms with Crippen LogP contribution in [0.25, 0.3) is 17.2 Å². The first kappa shape index (κ1) is 17.6. The van der Waals surface area contributed by atoms with Gasteiger partial charge in [0.15, 0.2) is 11.3 Å². The minimum absolute atomic E-state index is 0.280. The standard InChI is InChI=1S/C18H20N8O3/c1-3-27-16-8-14(23-29-16)17-21-20-15-7-13(11-5-4-6-11)18(22-26(15)17)28-10-12-9-25(2)24-19-12/h7-9,11H,3-6,10H2,1-2H3. The van der Waals surface area contributed by atoms with Crippen LogP contribution in [0.5, 0.6) is 11.8 Å². The van der Waals surface area contributed by atoms with Crippen molar-refractivity contribution in [3.63, 3.8) is 0 Å². The highest BCUT2D eigenvalue weighted by molar-refractivity contribution is 5.56. The lowest BCUT2D eigenvalue weighted by molar-refractivity contribution is 0.226. The average molecular weight is 396 g/mol. The van der Waals surface area contributed by atoms with Crippen molar-refractivity contribution < 1.29 is 14.0 Å². The fourth-order valence-corrected chi connectivity index (χ4v) is 3.29. The van der Waals surface area contributed by atoms with E-state index < -0.39 is 0 Å². The molecule has 4 aromatic heterocycles. The topological polar surface area (TPSA) is 118 Å². The second-order valence-electron chi connectivity index (χ2n) is 6.96. The second kappa shape index (κ2) is 7.15. The van der Waals surface area contributed by atoms with E-state index in [0.29, 0.717) is 41.5 Å². The van der Waals surface area contributed by atoms with Gasteiger partial charge in [0, 0.05) is 12.6 Å². The summed E-state index contributed by atoms with van der Waals surface area (Å²) in [5, 5.41) is 25.2. The van der Waals surface area contributed by atoms with Gasteiger partial charge in [-0.2, -0.15) is 4.52 Å². The third-order valence-corrected chi connectivity index (χ3v) is 4.94. The van der Waals surface area contributed by atoms with Crippen LogP contribution in [0.2, 0.25) is 0 Å². The molecule has 11 nitrogen and oxygen atoms in total. The molecular weight excluding hydrogens is 376 g/mol. The Balaban J connectivity index is 1.51. The van der Waals surface area contributed by atoms with E-state index in [2.05, 4.69) is 30.8 Å². The van der Waals surface area contributed by atoms with Gasteiger partial charge in [-0.05, 0) is 31.7 Å². The molecule has 0 aromatic carbocycles. The first-order chi connectivity index (χ1) is 14.2. The molecule has 1 saturated carbocycles. The van der Waals surface area contributed by atoms with Crippen LogP contribution in [-0.2, 0) is 13.7 Å². The van der Waals surface area contributed by atoms with Gasteiger partial charge in [0.2, 0.25) is 11.7 Å². The quantitative estimate of drug-likeness (QED) is 0.463. The normalized spacial score (nSPS) is 14.3. The minimum atomic E-state index is 0.280. The van der Waals surface area contributed by atoms with Crippen LogP contribution >= 0.6 is 0 Å². The SMILES string of the molecule is CCOc1cc(-c2nnc3cc(C4CCC4)c(OCc4cn(C)nn4)nn23)no1. The predicted molar refractivity (Wildman–Crippen MR) is 99.4 cm³/mol. The summed E-state index contributed by atoms with van der Waals surface area (Å²) in [6.45, 7) is 2.64. The van der Waals surface area contributed by atoms with Gasteiger partial charge < -0.3 is 14.0 Å². The number of rotatable bonds is 7. The maximum atomic E-state index is 6.03. The van der Waals surface area contributed by atoms with Crippen LogP contribution in [0.1, 0.15) is 43.4 Å². The number of fused-ring (bicyclic) bond motifs is 1. The molecule has 0 unspecified atom stereocenters. The highest BCUT2D eigenvalue weighted by Crippen LogP contribution is 2.40. The molecule has 0 radical (unpaired) electrons. The van der Waals surface area contributed by atoms with Gasteiger partial charge >= 0.3 is 5.95 Å². The van der Waals surface area contributed by atoms with Gasteiger partial charge in [0.25, 0.3) is 0 Å². The molecule has 150 valence electrons. The van der Waals surface area contributed by atoms with Crippen molar-refractivity contribution in [2.75, 3.05) is 6.61 Å². The van der Waals surface area contributed by atoms with E-state index in [0.717, 1.165) is 24.1 Å². The van der Waals surface area contributed by atoms with Gasteiger partial charge in [0.1, 0.15) is 12.3 Å². The number of aromatic nitrogens is 8. The molecule has 4 aromatic rings. The zero-order valence-corrected chi connectivity index (χ0v) is 16.1. The van der Waals surface area contributed by atoms with Crippen LogP contribution in [0, 0.1) is 0 Å². The fraction of sp³-hybridized carbons (Fsp3) is 0.444. The van der Waals surface area contributed by atoms with Crippen molar-refractivity contribution in [2.45, 2.75) is 38.7 Å². The lowest BCUT2D eigenvalue weighted by Crippen LogP contribution is -2.13. The summed E-state index contributed by atoms with van der Waals surface area (Å²) >= 11 is 0. The Morgan fingerprint density at radius 2 is 2.07 bits per heavy atom. The van der Waals surface area contributed by atoms with Gasteiger partial charge in [0.05, 0.1) is 18.9 Å². The number of hydrogen-bond acceptors (Lipinski definition) is 9. The molecule has 1 aliphatic rings. The smallest absolute Gasteiger partial charge is 0.311 e. The van der Waals surface area contributed by atoms with E-state index in [1.54, 1.807) is 15.3 Å². The van der Waals surface area contributed by atoms with Crippen molar-refractivity contribution in [1.82, 2.24) is 40.0 Å². The molecule has 0 bridgehead atoms. The molecule has 29 heavy (non-hydrogen) atoms. The zero-order chi connectivity index (χ0) is 19.8. The fourth-order valence-electron chi connectivity index (χ4n) is 3.29. The largest absolute Gasteiger partial charge is 0.470 e. The number of nitrogens with zero attached hydrogens (tertiary/aromatic N) is 8. The molecule has 0 saturated heterocycles. The van der Waals surface area contributed by atoms with Crippen molar-refractivity contribution in [1.29, 1.82) is 0 Å². The van der Waals surface area contributed by atoms with E-state index in [1.165, 1.54) is 6.42 Å². The maximum Gasteiger partial charge on any atom is 0.311 e. The summed E-state index contributed by atoms with van der Waals surface area (Å²) in [5.41, 5.74) is 2.90. The number of ether oxygens (including phenoxy) is 2. The molecule has 11 heteroatoms. The summed E-state index contributed by atoms with van der Waals surface area (Å²) < 4.78 is 19.8. The third kappa shape index (κ3) is 3.28. The monoisotopic (exact) mass is 396 g/mol. The number of aryl methyl sites for hydroxylation is 1. The van der Waals surface area contributed by atoms with Gasteiger partial charge in [-0.1, -0.05) is 16.8 Å². The Bertz CT molecular complexity index is 1140. The van der Waals surface area contributed by atoms with Crippen LogP contribution in [0.4, 0.5) is 0 Å². The van der Waals surface area contributed by atoms with Crippen molar-refractivity contribution >= 4 is 5.65 Å². The lowest BCUT2D eigenvalue weighted by atomic mass is 9.80. The zero-order valence-electron chi connectivity index (χ0n) is 16.1. The van der Waals surface area contributed by atoms with Gasteiger partial charge in [-0.25, -0.2) is 0 Å². The first-order valence-electron chi connectivity index (χ1n) is 9.55. The molecule has 1 fully saturated rings. The van der Waals surface area contributed by atoms with E-state index in [1.807, 2.05) is 26.2 Å². The second-order valence-corrected chi connectivity index (χ2v) is 6.96. The minimum Gasteiger partial charge on any atom is -0.470 e. The van der Waals surface area contributed by atoms with E-state index in [4.69, 9.17) is 14.0 Å². The van der Waals surface area contributed by atoms with Gasteiger partial charge in [-0.3, -0.25) is 4.68 Å². The summed E-state index contributed by atoms with van der Waals surface area (Å²) in [6.07, 6.45) is 5.25. The molecule has 0 amide bonds. The molecular formula is C18H20N8O3. The van der Waals surface area contributed by atoms with Crippen LogP contribution in [-0.4, -0.2) is 46.6 Å². The van der Waals surface area contributed by atoms with Crippen LogP contribution < -0.4 is 9.47 Å². The van der Waals surface area contributed by atoms with E-state index >= 15 is 0 Å². The summed E-state index contributed by atoms with van der Waals surface area (Å²) in [4.78, 5) is 0. The van der Waals surface area contributed by atoms with Gasteiger partial charge in [-0.15, -0.1) is 20.4 Å². The summed E-state index contributed by atoms with van der Waals surface area (Å²) in [6, 6.07) is 3.66. The average Bonchev–Trinajstić information content (AvgIpc) is 3.38. The lowest BCUT2D eigenvalue weighted by Gasteiger charge is -2.26. The third-order valence-electron chi connectivity index (χ3n) is 4.94.